The van der Waals surface area contributed by atoms with Crippen molar-refractivity contribution in [3.05, 3.63) is 218 Å². The lowest BCUT2D eigenvalue weighted by atomic mass is 9.82. The highest BCUT2D eigenvalue weighted by Gasteiger charge is 2.35. The average Bonchev–Trinajstić information content (AvgIpc) is 3.98. The van der Waals surface area contributed by atoms with E-state index in [0.717, 1.165) is 39.6 Å². The van der Waals surface area contributed by atoms with Crippen molar-refractivity contribution in [3.8, 4) is 45.0 Å². The molecule has 6 nitrogen and oxygen atoms in total. The Labute approximate surface area is 359 Å². The van der Waals surface area contributed by atoms with Crippen LogP contribution in [0.3, 0.4) is 0 Å². The van der Waals surface area contributed by atoms with Crippen molar-refractivity contribution in [1.82, 2.24) is 24.1 Å². The smallest absolute Gasteiger partial charge is 0.162 e. The van der Waals surface area contributed by atoms with Gasteiger partial charge in [0.1, 0.15) is 12.7 Å². The van der Waals surface area contributed by atoms with Gasteiger partial charge in [0.15, 0.2) is 5.82 Å². The molecular weight excluding hydrogens is 757 g/mol. The number of nitrogens with zero attached hydrogens (tertiary/aromatic N) is 6. The zero-order chi connectivity index (χ0) is 41.4. The summed E-state index contributed by atoms with van der Waals surface area (Å²) in [6, 6.07) is 68.3. The Balaban J connectivity index is 0.984. The first kappa shape index (κ1) is 35.8. The quantitative estimate of drug-likeness (QED) is 0.161. The van der Waals surface area contributed by atoms with E-state index < -0.39 is 0 Å². The molecule has 1 aliphatic rings. The van der Waals surface area contributed by atoms with Crippen LogP contribution in [-0.2, 0) is 5.41 Å². The van der Waals surface area contributed by atoms with Gasteiger partial charge in [-0.3, -0.25) is 0 Å². The van der Waals surface area contributed by atoms with Crippen LogP contribution in [0, 0.1) is 0 Å². The summed E-state index contributed by atoms with van der Waals surface area (Å²) < 4.78 is 4.75. The maximum atomic E-state index is 4.39. The van der Waals surface area contributed by atoms with Crippen LogP contribution in [0.15, 0.2) is 207 Å². The number of aromatic nitrogens is 5. The predicted molar refractivity (Wildman–Crippen MR) is 254 cm³/mol. The van der Waals surface area contributed by atoms with E-state index in [9.17, 15) is 0 Å². The van der Waals surface area contributed by atoms with Gasteiger partial charge < -0.3 is 14.0 Å². The fourth-order valence-electron chi connectivity index (χ4n) is 9.78. The molecule has 0 aliphatic heterocycles. The number of benzene rings is 8. The molecule has 0 unspecified atom stereocenters. The van der Waals surface area contributed by atoms with E-state index in [4.69, 9.17) is 0 Å². The number of para-hydroxylation sites is 2. The van der Waals surface area contributed by atoms with E-state index in [1.165, 1.54) is 73.2 Å². The lowest BCUT2D eigenvalue weighted by Crippen LogP contribution is -2.16. The predicted octanol–water partition coefficient (Wildman–Crippen LogP) is 14.0. The van der Waals surface area contributed by atoms with Crippen LogP contribution in [0.2, 0.25) is 0 Å². The molecule has 0 spiro atoms. The lowest BCUT2D eigenvalue weighted by Gasteiger charge is -2.28. The molecule has 3 aromatic heterocycles. The van der Waals surface area contributed by atoms with E-state index in [0.29, 0.717) is 5.82 Å². The highest BCUT2D eigenvalue weighted by atomic mass is 15.1. The molecule has 0 amide bonds. The Hall–Kier alpha value is -8.09. The minimum Gasteiger partial charge on any atom is -0.315 e. The second-order valence-electron chi connectivity index (χ2n) is 16.6. The van der Waals surface area contributed by atoms with Crippen molar-refractivity contribution in [1.29, 1.82) is 0 Å². The Kier molecular flexibility index (Phi) is 8.09. The van der Waals surface area contributed by atoms with Gasteiger partial charge in [0.05, 0.1) is 16.6 Å². The Morgan fingerprint density at radius 3 is 1.84 bits per heavy atom. The summed E-state index contributed by atoms with van der Waals surface area (Å²) in [5, 5.41) is 3.65. The van der Waals surface area contributed by atoms with Gasteiger partial charge in [-0.25, -0.2) is 15.0 Å². The zero-order valence-corrected chi connectivity index (χ0v) is 34.3. The third kappa shape index (κ3) is 5.61. The van der Waals surface area contributed by atoms with Crippen LogP contribution in [0.5, 0.6) is 0 Å². The minimum atomic E-state index is -0.126. The van der Waals surface area contributed by atoms with Crippen LogP contribution in [0.4, 0.5) is 17.1 Å². The van der Waals surface area contributed by atoms with Crippen molar-refractivity contribution in [2.24, 2.45) is 0 Å². The van der Waals surface area contributed by atoms with Crippen molar-refractivity contribution in [3.63, 3.8) is 0 Å². The molecule has 0 N–H and O–H groups in total. The molecule has 1 aliphatic carbocycles. The van der Waals surface area contributed by atoms with Crippen LogP contribution in [0.25, 0.3) is 77.7 Å². The topological polar surface area (TPSA) is 51.8 Å². The molecule has 0 bridgehead atoms. The van der Waals surface area contributed by atoms with Crippen molar-refractivity contribution in [2.75, 3.05) is 4.90 Å². The van der Waals surface area contributed by atoms with E-state index >= 15 is 0 Å². The van der Waals surface area contributed by atoms with Gasteiger partial charge in [-0.2, -0.15) is 0 Å². The maximum absolute atomic E-state index is 4.39. The molecule has 0 radical (unpaired) electrons. The number of hydrogen-bond donors (Lipinski definition) is 0. The van der Waals surface area contributed by atoms with E-state index in [2.05, 4.69) is 237 Å². The maximum Gasteiger partial charge on any atom is 0.162 e. The zero-order valence-electron chi connectivity index (χ0n) is 34.3. The number of anilines is 3. The first-order valence-electron chi connectivity index (χ1n) is 21.1. The molecule has 0 atom stereocenters. The molecule has 62 heavy (non-hydrogen) atoms. The average molecular weight is 797 g/mol. The van der Waals surface area contributed by atoms with Gasteiger partial charge >= 0.3 is 0 Å². The largest absolute Gasteiger partial charge is 0.315 e. The highest BCUT2D eigenvalue weighted by Crippen LogP contribution is 2.51. The van der Waals surface area contributed by atoms with E-state index in [1.54, 1.807) is 0 Å². The minimum absolute atomic E-state index is 0.126. The molecule has 6 heteroatoms. The molecule has 0 saturated heterocycles. The Bertz CT molecular complexity index is 3460. The molecule has 12 rings (SSSR count). The van der Waals surface area contributed by atoms with Gasteiger partial charge in [0.2, 0.25) is 0 Å². The molecular formula is C56H40N6. The SMILES string of the molecule is CC1(C)c2ccccc2-c2ccc(N(c3ccc(-c4ccc5c(c4)c4ccc6ccn(-c7ccccc7)c6c4n5-c4ccccc4)cc3)c3ccc(-c4ncncn4)cc3)cc21. The van der Waals surface area contributed by atoms with Crippen LogP contribution in [-0.4, -0.2) is 24.1 Å². The first-order valence-corrected chi connectivity index (χ1v) is 21.1. The van der Waals surface area contributed by atoms with Crippen LogP contribution in [0.1, 0.15) is 25.0 Å². The van der Waals surface area contributed by atoms with Crippen molar-refractivity contribution in [2.45, 2.75) is 19.3 Å². The Morgan fingerprint density at radius 2 is 1.10 bits per heavy atom. The summed E-state index contributed by atoms with van der Waals surface area (Å²) in [6.45, 7) is 4.67. The molecule has 0 fully saturated rings. The second-order valence-corrected chi connectivity index (χ2v) is 16.6. The van der Waals surface area contributed by atoms with E-state index in [1.807, 2.05) is 0 Å². The number of hydrogen-bond acceptors (Lipinski definition) is 4. The number of fused-ring (bicyclic) bond motifs is 8. The molecule has 3 heterocycles. The van der Waals surface area contributed by atoms with Crippen LogP contribution < -0.4 is 4.90 Å². The third-order valence-corrected chi connectivity index (χ3v) is 12.8. The fourth-order valence-corrected chi connectivity index (χ4v) is 9.78. The summed E-state index contributed by atoms with van der Waals surface area (Å²) in [4.78, 5) is 15.2. The summed E-state index contributed by atoms with van der Waals surface area (Å²) >= 11 is 0. The van der Waals surface area contributed by atoms with Gasteiger partial charge in [-0.15, -0.1) is 0 Å². The van der Waals surface area contributed by atoms with Gasteiger partial charge in [-0.05, 0) is 124 Å². The Morgan fingerprint density at radius 1 is 0.468 bits per heavy atom. The summed E-state index contributed by atoms with van der Waals surface area (Å²) in [5.41, 5.74) is 17.5. The fraction of sp³-hybridized carbons (Fsp3) is 0.0536. The van der Waals surface area contributed by atoms with Gasteiger partial charge in [0, 0.05) is 61.8 Å². The molecule has 11 aromatic rings. The first-order chi connectivity index (χ1) is 30.5. The molecule has 0 saturated carbocycles. The normalized spacial score (nSPS) is 12.8. The summed E-state index contributed by atoms with van der Waals surface area (Å²) in [6.07, 6.45) is 5.27. The molecule has 294 valence electrons. The standard InChI is InChI=1S/C56H40N6/c1-56(2)50-16-10-9-15-46(50)47-29-27-45(34-51(47)56)61(44-25-19-39(20-26-44)55-58-35-57-36-59-55)43-23-17-37(18-24-43)40-22-30-52-49(33-40)48-28-21-38-31-32-60(41-11-5-3-6-12-41)53(38)54(48)62(52)42-13-7-4-8-14-42/h3-36H,1-2H3. The van der Waals surface area contributed by atoms with Gasteiger partial charge in [0.25, 0.3) is 0 Å². The lowest BCUT2D eigenvalue weighted by molar-refractivity contribution is 0.660. The summed E-state index contributed by atoms with van der Waals surface area (Å²) in [7, 11) is 0. The highest BCUT2D eigenvalue weighted by molar-refractivity contribution is 6.18. The summed E-state index contributed by atoms with van der Waals surface area (Å²) in [5.74, 6) is 0.651. The third-order valence-electron chi connectivity index (χ3n) is 12.8. The van der Waals surface area contributed by atoms with Crippen molar-refractivity contribution < 1.29 is 0 Å². The second kappa shape index (κ2) is 14.0. The monoisotopic (exact) mass is 796 g/mol. The van der Waals surface area contributed by atoms with E-state index in [-0.39, 0.29) is 5.41 Å². The molecule has 8 aromatic carbocycles. The number of rotatable bonds is 7. The van der Waals surface area contributed by atoms with Crippen molar-refractivity contribution >= 4 is 49.8 Å². The van der Waals surface area contributed by atoms with Crippen LogP contribution >= 0.6 is 0 Å². The van der Waals surface area contributed by atoms with Gasteiger partial charge in [-0.1, -0.05) is 111 Å².